The predicted octanol–water partition coefficient (Wildman–Crippen LogP) is 4.10. The number of amides is 1. The molecule has 35 heavy (non-hydrogen) atoms. The van der Waals surface area contributed by atoms with Gasteiger partial charge >= 0.3 is 11.9 Å². The normalized spacial score (nSPS) is 10.5. The lowest BCUT2D eigenvalue weighted by Gasteiger charge is -2.07. The molecule has 0 saturated carbocycles. The van der Waals surface area contributed by atoms with E-state index < -0.39 is 17.4 Å². The van der Waals surface area contributed by atoms with Crippen molar-refractivity contribution in [3.63, 3.8) is 0 Å². The lowest BCUT2D eigenvalue weighted by atomic mass is 10.1. The van der Waals surface area contributed by atoms with Crippen LogP contribution in [0.1, 0.15) is 36.1 Å². The summed E-state index contributed by atoms with van der Waals surface area (Å²) in [6.45, 7) is 0. The fourth-order valence-corrected chi connectivity index (χ4v) is 4.97. The number of esters is 2. The van der Waals surface area contributed by atoms with Crippen LogP contribution in [0.3, 0.4) is 0 Å². The zero-order valence-electron chi connectivity index (χ0n) is 17.9. The van der Waals surface area contributed by atoms with E-state index in [1.165, 1.54) is 59.7 Å². The number of rotatable bonds is 8. The van der Waals surface area contributed by atoms with Crippen molar-refractivity contribution in [1.29, 1.82) is 0 Å². The molecular formula is C22H15N3O7S3. The lowest BCUT2D eigenvalue weighted by molar-refractivity contribution is 0.0587. The van der Waals surface area contributed by atoms with Gasteiger partial charge in [0.05, 0.1) is 28.9 Å². The Balaban J connectivity index is 1.37. The smallest absolute Gasteiger partial charge is 0.344 e. The van der Waals surface area contributed by atoms with Crippen molar-refractivity contribution in [2.24, 2.45) is 0 Å². The summed E-state index contributed by atoms with van der Waals surface area (Å²) >= 11 is 3.76. The van der Waals surface area contributed by atoms with Crippen LogP contribution >= 0.6 is 34.4 Å². The predicted molar refractivity (Wildman–Crippen MR) is 129 cm³/mol. The second-order valence-electron chi connectivity index (χ2n) is 6.59. The Morgan fingerprint density at radius 2 is 1.86 bits per heavy atom. The molecule has 0 unspecified atom stereocenters. The number of thioether (sulfide) groups is 1. The first kappa shape index (κ1) is 24.3. The number of thiophene rings is 1. The fourth-order valence-electron chi connectivity index (χ4n) is 2.71. The first-order valence-corrected chi connectivity index (χ1v) is 12.4. The Labute approximate surface area is 209 Å². The van der Waals surface area contributed by atoms with Crippen LogP contribution < -0.4 is 15.5 Å². The first-order valence-electron chi connectivity index (χ1n) is 9.77. The number of hydrogen-bond acceptors (Lipinski definition) is 12. The van der Waals surface area contributed by atoms with Gasteiger partial charge < -0.3 is 13.9 Å². The third-order valence-corrected chi connectivity index (χ3v) is 7.18. The van der Waals surface area contributed by atoms with Crippen molar-refractivity contribution in [2.75, 3.05) is 12.4 Å². The van der Waals surface area contributed by atoms with E-state index in [1.807, 2.05) is 0 Å². The number of methoxy groups -OCH3 is 1. The Morgan fingerprint density at radius 1 is 1.09 bits per heavy atom. The number of aromatic nitrogens is 2. The number of carbonyl (C=O) groups is 3. The molecule has 10 nitrogen and oxygen atoms in total. The zero-order chi connectivity index (χ0) is 24.8. The average molecular weight is 530 g/mol. The van der Waals surface area contributed by atoms with Gasteiger partial charge in [0.15, 0.2) is 4.34 Å². The molecule has 178 valence electrons. The highest BCUT2D eigenvalue weighted by Crippen LogP contribution is 2.29. The minimum absolute atomic E-state index is 0.0143. The van der Waals surface area contributed by atoms with E-state index in [-0.39, 0.29) is 28.5 Å². The van der Waals surface area contributed by atoms with E-state index in [9.17, 15) is 19.2 Å². The SMILES string of the molecule is COC(=O)c1ccccc1C(=O)Oc1coc(CSc2nnc(NC(=O)c3cccs3)s2)cc1=O. The Bertz CT molecular complexity index is 1430. The highest BCUT2D eigenvalue weighted by atomic mass is 32.2. The standard InChI is InChI=1S/C22H15N3O7S3/c1-30-19(28)13-5-2-3-6-14(13)20(29)32-16-10-31-12(9-15(16)26)11-34-22-25-24-21(35-22)23-18(27)17-7-4-8-33-17/h2-10H,11H2,1H3,(H,23,24,27). The molecule has 0 radical (unpaired) electrons. The molecule has 4 rings (SSSR count). The molecule has 0 aliphatic heterocycles. The van der Waals surface area contributed by atoms with E-state index in [4.69, 9.17) is 9.15 Å². The largest absolute Gasteiger partial charge is 0.465 e. The van der Waals surface area contributed by atoms with Gasteiger partial charge in [0.1, 0.15) is 12.0 Å². The van der Waals surface area contributed by atoms with Gasteiger partial charge in [0, 0.05) is 6.07 Å². The van der Waals surface area contributed by atoms with Crippen molar-refractivity contribution < 1.29 is 28.3 Å². The summed E-state index contributed by atoms with van der Waals surface area (Å²) in [4.78, 5) is 49.4. The van der Waals surface area contributed by atoms with Crippen LogP contribution in [0.15, 0.2) is 67.7 Å². The van der Waals surface area contributed by atoms with E-state index in [0.717, 1.165) is 6.26 Å². The molecule has 0 atom stereocenters. The molecule has 13 heteroatoms. The van der Waals surface area contributed by atoms with Crippen LogP contribution in [0.25, 0.3) is 0 Å². The first-order chi connectivity index (χ1) is 16.9. The Hall–Kier alpha value is -3.81. The topological polar surface area (TPSA) is 138 Å². The van der Waals surface area contributed by atoms with Crippen molar-refractivity contribution in [3.05, 3.63) is 86.1 Å². The van der Waals surface area contributed by atoms with Gasteiger partial charge in [-0.05, 0) is 23.6 Å². The highest BCUT2D eigenvalue weighted by Gasteiger charge is 2.20. The Morgan fingerprint density at radius 3 is 2.54 bits per heavy atom. The van der Waals surface area contributed by atoms with E-state index in [2.05, 4.69) is 20.3 Å². The molecular weight excluding hydrogens is 514 g/mol. The molecule has 1 N–H and O–H groups in total. The zero-order valence-corrected chi connectivity index (χ0v) is 20.3. The molecule has 0 saturated heterocycles. The van der Waals surface area contributed by atoms with Gasteiger partial charge in [-0.25, -0.2) is 9.59 Å². The van der Waals surface area contributed by atoms with Crippen LogP contribution in [0.5, 0.6) is 5.75 Å². The molecule has 4 aromatic rings. The highest BCUT2D eigenvalue weighted by molar-refractivity contribution is 8.00. The van der Waals surface area contributed by atoms with Crippen LogP contribution in [0.2, 0.25) is 0 Å². The van der Waals surface area contributed by atoms with Crippen LogP contribution in [-0.2, 0) is 10.5 Å². The van der Waals surface area contributed by atoms with E-state index >= 15 is 0 Å². The summed E-state index contributed by atoms with van der Waals surface area (Å²) in [7, 11) is 1.19. The molecule has 0 aliphatic rings. The molecule has 0 bridgehead atoms. The van der Waals surface area contributed by atoms with Gasteiger partial charge in [-0.2, -0.15) is 0 Å². The van der Waals surface area contributed by atoms with Gasteiger partial charge in [0.25, 0.3) is 5.91 Å². The van der Waals surface area contributed by atoms with Crippen LogP contribution in [0, 0.1) is 0 Å². The third kappa shape index (κ3) is 6.01. The van der Waals surface area contributed by atoms with E-state index in [1.54, 1.807) is 29.6 Å². The molecule has 0 aliphatic carbocycles. The summed E-state index contributed by atoms with van der Waals surface area (Å²) in [5.74, 6) is -1.62. The van der Waals surface area contributed by atoms with Crippen LogP contribution in [-0.4, -0.2) is 35.2 Å². The van der Waals surface area contributed by atoms with Gasteiger partial charge in [-0.15, -0.1) is 21.5 Å². The van der Waals surface area contributed by atoms with Gasteiger partial charge in [-0.3, -0.25) is 14.9 Å². The lowest BCUT2D eigenvalue weighted by Crippen LogP contribution is -2.18. The molecule has 3 aromatic heterocycles. The fraction of sp³-hybridized carbons (Fsp3) is 0.0909. The van der Waals surface area contributed by atoms with Crippen LogP contribution in [0.4, 0.5) is 5.13 Å². The summed E-state index contributed by atoms with van der Waals surface area (Å²) < 4.78 is 15.8. The van der Waals surface area contributed by atoms with Crippen molar-refractivity contribution >= 4 is 57.4 Å². The third-order valence-electron chi connectivity index (χ3n) is 4.32. The number of ether oxygens (including phenoxy) is 2. The second kappa shape index (κ2) is 11.1. The minimum atomic E-state index is -0.897. The number of benzene rings is 1. The van der Waals surface area contributed by atoms with Crippen molar-refractivity contribution in [1.82, 2.24) is 10.2 Å². The Kier molecular flexibility index (Phi) is 7.70. The van der Waals surface area contributed by atoms with Gasteiger partial charge in [-0.1, -0.05) is 41.3 Å². The quantitative estimate of drug-likeness (QED) is 0.202. The number of nitrogens with zero attached hydrogens (tertiary/aromatic N) is 2. The molecule has 1 amide bonds. The van der Waals surface area contributed by atoms with Crippen molar-refractivity contribution in [3.8, 4) is 5.75 Å². The summed E-state index contributed by atoms with van der Waals surface area (Å²) in [6, 6.07) is 10.6. The maximum absolute atomic E-state index is 12.5. The number of hydrogen-bond donors (Lipinski definition) is 1. The maximum atomic E-state index is 12.5. The number of carbonyl (C=O) groups excluding carboxylic acids is 3. The molecule has 0 spiro atoms. The summed E-state index contributed by atoms with van der Waals surface area (Å²) in [5, 5.41) is 12.8. The summed E-state index contributed by atoms with van der Waals surface area (Å²) in [6.07, 6.45) is 1.03. The summed E-state index contributed by atoms with van der Waals surface area (Å²) in [5.41, 5.74) is -0.603. The number of nitrogens with one attached hydrogen (secondary N) is 1. The maximum Gasteiger partial charge on any atom is 0.344 e. The second-order valence-corrected chi connectivity index (χ2v) is 9.74. The number of anilines is 1. The molecule has 1 aromatic carbocycles. The average Bonchev–Trinajstić information content (AvgIpc) is 3.56. The molecule has 0 fully saturated rings. The van der Waals surface area contributed by atoms with Gasteiger partial charge in [0.2, 0.25) is 16.3 Å². The van der Waals surface area contributed by atoms with E-state index in [0.29, 0.717) is 20.1 Å². The minimum Gasteiger partial charge on any atom is -0.465 e. The van der Waals surface area contributed by atoms with Crippen molar-refractivity contribution in [2.45, 2.75) is 10.1 Å². The monoisotopic (exact) mass is 529 g/mol. The molecule has 3 heterocycles.